The Hall–Kier alpha value is -1.02. The van der Waals surface area contributed by atoms with Gasteiger partial charge in [-0.3, -0.25) is 0 Å². The molecule has 1 aromatic rings. The molecule has 22 heavy (non-hydrogen) atoms. The molecule has 4 fully saturated rings. The van der Waals surface area contributed by atoms with Crippen molar-refractivity contribution >= 4 is 0 Å². The van der Waals surface area contributed by atoms with Crippen LogP contribution in [0.25, 0.3) is 0 Å². The molecule has 0 aromatic heterocycles. The predicted molar refractivity (Wildman–Crippen MR) is 89.9 cm³/mol. The Labute approximate surface area is 134 Å². The van der Waals surface area contributed by atoms with E-state index in [0.29, 0.717) is 0 Å². The quantitative estimate of drug-likeness (QED) is 0.841. The first-order chi connectivity index (χ1) is 10.8. The molecule has 2 heteroatoms. The molecule has 0 atom stereocenters. The van der Waals surface area contributed by atoms with Gasteiger partial charge in [-0.15, -0.1) is 0 Å². The van der Waals surface area contributed by atoms with E-state index in [1.807, 2.05) is 0 Å². The molecule has 4 saturated carbocycles. The Balaban J connectivity index is 1.33. The van der Waals surface area contributed by atoms with E-state index in [-0.39, 0.29) is 0 Å². The zero-order chi connectivity index (χ0) is 14.9. The summed E-state index contributed by atoms with van der Waals surface area (Å²) in [4.78, 5) is 0. The molecule has 0 unspecified atom stereocenters. The average Bonchev–Trinajstić information content (AvgIpc) is 2.53. The van der Waals surface area contributed by atoms with E-state index in [9.17, 15) is 0 Å². The highest BCUT2D eigenvalue weighted by molar-refractivity contribution is 5.27. The Morgan fingerprint density at radius 2 is 1.59 bits per heavy atom. The topological polar surface area (TPSA) is 21.3 Å². The molecule has 0 radical (unpaired) electrons. The highest BCUT2D eigenvalue weighted by Crippen LogP contribution is 2.53. The van der Waals surface area contributed by atoms with Crippen LogP contribution < -0.4 is 10.1 Å². The second-order valence-corrected chi connectivity index (χ2v) is 7.83. The van der Waals surface area contributed by atoms with Gasteiger partial charge in [-0.25, -0.2) is 0 Å². The van der Waals surface area contributed by atoms with Gasteiger partial charge in [0.05, 0.1) is 6.61 Å². The molecule has 5 rings (SSSR count). The van der Waals surface area contributed by atoms with Crippen molar-refractivity contribution in [3.8, 4) is 5.75 Å². The van der Waals surface area contributed by atoms with E-state index in [1.54, 1.807) is 6.42 Å². The second kappa shape index (κ2) is 6.23. The zero-order valence-corrected chi connectivity index (χ0v) is 13.8. The largest absolute Gasteiger partial charge is 0.494 e. The van der Waals surface area contributed by atoms with Gasteiger partial charge in [0.1, 0.15) is 5.75 Å². The van der Waals surface area contributed by atoms with Crippen LogP contribution in [-0.2, 0) is 6.54 Å². The van der Waals surface area contributed by atoms with Crippen molar-refractivity contribution in [2.45, 2.75) is 58.0 Å². The molecule has 2 nitrogen and oxygen atoms in total. The molecule has 0 aliphatic heterocycles. The Kier molecular flexibility index (Phi) is 4.13. The molecule has 1 N–H and O–H groups in total. The summed E-state index contributed by atoms with van der Waals surface area (Å²) < 4.78 is 5.66. The van der Waals surface area contributed by atoms with Crippen molar-refractivity contribution in [2.75, 3.05) is 6.61 Å². The third-order valence-corrected chi connectivity index (χ3v) is 6.16. The fourth-order valence-electron chi connectivity index (χ4n) is 5.42. The summed E-state index contributed by atoms with van der Waals surface area (Å²) in [7, 11) is 0. The van der Waals surface area contributed by atoms with Gasteiger partial charge in [-0.1, -0.05) is 19.1 Å². The van der Waals surface area contributed by atoms with Crippen LogP contribution >= 0.6 is 0 Å². The fourth-order valence-corrected chi connectivity index (χ4v) is 5.42. The first-order valence-corrected chi connectivity index (χ1v) is 9.27. The molecule has 0 saturated heterocycles. The minimum Gasteiger partial charge on any atom is -0.494 e. The van der Waals surface area contributed by atoms with Crippen molar-refractivity contribution in [1.82, 2.24) is 5.32 Å². The van der Waals surface area contributed by atoms with E-state index < -0.39 is 0 Å². The lowest BCUT2D eigenvalue weighted by Gasteiger charge is -2.54. The summed E-state index contributed by atoms with van der Waals surface area (Å²) in [6.45, 7) is 3.97. The third kappa shape index (κ3) is 2.90. The van der Waals surface area contributed by atoms with E-state index in [1.165, 1.54) is 31.2 Å². The van der Waals surface area contributed by atoms with Crippen LogP contribution in [0.5, 0.6) is 5.75 Å². The molecule has 120 valence electrons. The molecule has 4 aliphatic carbocycles. The van der Waals surface area contributed by atoms with Crippen molar-refractivity contribution in [2.24, 2.45) is 23.7 Å². The minimum atomic E-state index is 0.781. The number of benzene rings is 1. The molecule has 4 aliphatic rings. The van der Waals surface area contributed by atoms with Gasteiger partial charge in [0, 0.05) is 12.6 Å². The summed E-state index contributed by atoms with van der Waals surface area (Å²) in [6, 6.07) is 9.44. The number of rotatable bonds is 6. The predicted octanol–water partition coefficient (Wildman–Crippen LogP) is 4.39. The van der Waals surface area contributed by atoms with Gasteiger partial charge in [-0.05, 0) is 79.9 Å². The molecule has 0 amide bonds. The minimum absolute atomic E-state index is 0.781. The molecular formula is C20H29NO. The highest BCUT2D eigenvalue weighted by Gasteiger charge is 2.47. The maximum Gasteiger partial charge on any atom is 0.119 e. The number of ether oxygens (including phenoxy) is 1. The van der Waals surface area contributed by atoms with Crippen molar-refractivity contribution in [3.63, 3.8) is 0 Å². The monoisotopic (exact) mass is 299 g/mol. The molecule has 0 heterocycles. The normalized spacial score (nSPS) is 35.8. The SMILES string of the molecule is CCCOc1ccc(CNC2C3CC4CC(C3)CC2C4)cc1. The summed E-state index contributed by atoms with van der Waals surface area (Å²) in [5, 5.41) is 3.90. The maximum absolute atomic E-state index is 5.66. The third-order valence-electron chi connectivity index (χ3n) is 6.16. The van der Waals surface area contributed by atoms with E-state index in [0.717, 1.165) is 55.0 Å². The van der Waals surface area contributed by atoms with E-state index >= 15 is 0 Å². The Bertz CT molecular complexity index is 467. The van der Waals surface area contributed by atoms with Gasteiger partial charge in [0.15, 0.2) is 0 Å². The molecule has 0 spiro atoms. The summed E-state index contributed by atoms with van der Waals surface area (Å²) in [6.07, 6.45) is 8.58. The second-order valence-electron chi connectivity index (χ2n) is 7.83. The Morgan fingerprint density at radius 1 is 0.955 bits per heavy atom. The van der Waals surface area contributed by atoms with Crippen LogP contribution in [0.15, 0.2) is 24.3 Å². The molecular weight excluding hydrogens is 270 g/mol. The van der Waals surface area contributed by atoms with Crippen LogP contribution in [0.3, 0.4) is 0 Å². The zero-order valence-electron chi connectivity index (χ0n) is 13.8. The lowest BCUT2D eigenvalue weighted by atomic mass is 9.54. The summed E-state index contributed by atoms with van der Waals surface area (Å²) >= 11 is 0. The smallest absolute Gasteiger partial charge is 0.119 e. The van der Waals surface area contributed by atoms with Crippen molar-refractivity contribution < 1.29 is 4.74 Å². The van der Waals surface area contributed by atoms with Gasteiger partial charge in [-0.2, -0.15) is 0 Å². The van der Waals surface area contributed by atoms with Crippen LogP contribution in [0.2, 0.25) is 0 Å². The van der Waals surface area contributed by atoms with Crippen molar-refractivity contribution in [1.29, 1.82) is 0 Å². The van der Waals surface area contributed by atoms with Gasteiger partial charge in [0.2, 0.25) is 0 Å². The summed E-state index contributed by atoms with van der Waals surface area (Å²) in [5.41, 5.74) is 1.39. The maximum atomic E-state index is 5.66. The molecule has 1 aromatic carbocycles. The summed E-state index contributed by atoms with van der Waals surface area (Å²) in [5.74, 6) is 5.05. The number of hydrogen-bond donors (Lipinski definition) is 1. The van der Waals surface area contributed by atoms with Crippen LogP contribution in [0, 0.1) is 23.7 Å². The van der Waals surface area contributed by atoms with Crippen LogP contribution in [-0.4, -0.2) is 12.6 Å². The molecule has 4 bridgehead atoms. The van der Waals surface area contributed by atoms with Gasteiger partial charge >= 0.3 is 0 Å². The fraction of sp³-hybridized carbons (Fsp3) is 0.700. The van der Waals surface area contributed by atoms with Crippen molar-refractivity contribution in [3.05, 3.63) is 29.8 Å². The Morgan fingerprint density at radius 3 is 2.18 bits per heavy atom. The first-order valence-electron chi connectivity index (χ1n) is 9.27. The van der Waals surface area contributed by atoms with Gasteiger partial charge < -0.3 is 10.1 Å². The average molecular weight is 299 g/mol. The lowest BCUT2D eigenvalue weighted by Crippen LogP contribution is -2.54. The van der Waals surface area contributed by atoms with E-state index in [4.69, 9.17) is 4.74 Å². The standard InChI is InChI=1S/C20H29NO/c1-2-7-22-19-5-3-14(4-6-19)13-21-20-17-9-15-8-16(11-17)12-18(20)10-15/h3-6,15-18,20-21H,2,7-13H2,1H3. The first kappa shape index (κ1) is 14.6. The van der Waals surface area contributed by atoms with Gasteiger partial charge in [0.25, 0.3) is 0 Å². The highest BCUT2D eigenvalue weighted by atomic mass is 16.5. The van der Waals surface area contributed by atoms with Crippen LogP contribution in [0.1, 0.15) is 51.0 Å². The number of nitrogens with one attached hydrogen (secondary N) is 1. The van der Waals surface area contributed by atoms with E-state index in [2.05, 4.69) is 36.5 Å². The van der Waals surface area contributed by atoms with Crippen LogP contribution in [0.4, 0.5) is 0 Å². The lowest BCUT2D eigenvalue weighted by molar-refractivity contribution is -0.0142. The number of hydrogen-bond acceptors (Lipinski definition) is 2.